The lowest BCUT2D eigenvalue weighted by Gasteiger charge is -2.42. The first-order valence-electron chi connectivity index (χ1n) is 12.2. The van der Waals surface area contributed by atoms with E-state index < -0.39 is 23.7 Å². The van der Waals surface area contributed by atoms with Gasteiger partial charge < -0.3 is 9.84 Å². The summed E-state index contributed by atoms with van der Waals surface area (Å²) in [4.78, 5) is 56.1. The van der Waals surface area contributed by atoms with Crippen LogP contribution in [-0.4, -0.2) is 40.5 Å². The molecule has 4 unspecified atom stereocenters. The van der Waals surface area contributed by atoms with Gasteiger partial charge in [0, 0.05) is 33.1 Å². The van der Waals surface area contributed by atoms with Gasteiger partial charge >= 0.3 is 0 Å². The van der Waals surface area contributed by atoms with Gasteiger partial charge in [-0.1, -0.05) is 17.7 Å². The number of carbonyl (C=O) groups excluding carboxylic acids is 4. The molecule has 188 valence electrons. The van der Waals surface area contributed by atoms with Crippen LogP contribution in [0.15, 0.2) is 70.2 Å². The number of amides is 2. The molecular weight excluding hydrogens is 490 g/mol. The van der Waals surface area contributed by atoms with Gasteiger partial charge in [0.1, 0.15) is 11.5 Å². The molecule has 1 aromatic carbocycles. The third-order valence-electron chi connectivity index (χ3n) is 8.09. The zero-order chi connectivity index (χ0) is 26.0. The molecule has 3 aliphatic carbocycles. The number of phenolic OH excluding ortho intramolecular Hbond substituents is 1. The number of hydrogen-bond acceptors (Lipinski definition) is 7. The number of ether oxygens (including phenoxy) is 1. The Kier molecular flexibility index (Phi) is 5.53. The Hall–Kier alpha value is -3.78. The fourth-order valence-corrected chi connectivity index (χ4v) is 7.10. The number of allylic oxidation sites excluding steroid dienone is 6. The minimum Gasteiger partial charge on any atom is -0.508 e. The van der Waals surface area contributed by atoms with Crippen molar-refractivity contribution in [1.29, 1.82) is 0 Å². The third-order valence-corrected chi connectivity index (χ3v) is 8.95. The number of phenols is 1. The van der Waals surface area contributed by atoms with Crippen LogP contribution < -0.4 is 4.74 Å². The second kappa shape index (κ2) is 8.66. The second-order valence-electron chi connectivity index (χ2n) is 10.00. The summed E-state index contributed by atoms with van der Waals surface area (Å²) in [5, 5.41) is 12.8. The summed E-state index contributed by atoms with van der Waals surface area (Å²) >= 11 is 1.49. The van der Waals surface area contributed by atoms with E-state index in [1.165, 1.54) is 35.5 Å². The minimum atomic E-state index is -0.708. The number of rotatable bonds is 4. The lowest BCUT2D eigenvalue weighted by atomic mass is 9.59. The highest BCUT2D eigenvalue weighted by atomic mass is 32.1. The predicted molar refractivity (Wildman–Crippen MR) is 136 cm³/mol. The van der Waals surface area contributed by atoms with Crippen molar-refractivity contribution in [2.75, 3.05) is 7.11 Å². The summed E-state index contributed by atoms with van der Waals surface area (Å²) in [7, 11) is 1.52. The number of nitrogens with zero attached hydrogens (tertiary/aromatic N) is 1. The van der Waals surface area contributed by atoms with Gasteiger partial charge in [-0.25, -0.2) is 0 Å². The molecule has 2 aromatic rings. The number of ketones is 2. The monoisotopic (exact) mass is 515 g/mol. The third kappa shape index (κ3) is 3.54. The molecule has 1 fully saturated rings. The van der Waals surface area contributed by atoms with Crippen LogP contribution in [0.1, 0.15) is 36.1 Å². The highest BCUT2D eigenvalue weighted by Crippen LogP contribution is 2.56. The van der Waals surface area contributed by atoms with Crippen LogP contribution in [0.2, 0.25) is 0 Å². The summed E-state index contributed by atoms with van der Waals surface area (Å²) in [6, 6.07) is 8.59. The normalized spacial score (nSPS) is 27.0. The summed E-state index contributed by atoms with van der Waals surface area (Å²) in [6.07, 6.45) is 3.88. The lowest BCUT2D eigenvalue weighted by molar-refractivity contribution is -0.140. The van der Waals surface area contributed by atoms with Gasteiger partial charge in [-0.3, -0.25) is 24.1 Å². The molecule has 2 amide bonds. The molecule has 1 saturated heterocycles. The average molecular weight is 516 g/mol. The number of imide groups is 1. The first-order chi connectivity index (χ1) is 17.8. The highest BCUT2D eigenvalue weighted by molar-refractivity contribution is 7.09. The van der Waals surface area contributed by atoms with Gasteiger partial charge in [-0.15, -0.1) is 11.3 Å². The molecule has 6 rings (SSSR count). The van der Waals surface area contributed by atoms with E-state index in [0.29, 0.717) is 34.5 Å². The quantitative estimate of drug-likeness (QED) is 0.374. The molecule has 2 heterocycles. The number of aromatic hydroxyl groups is 1. The maximum atomic E-state index is 13.7. The molecule has 4 atom stereocenters. The van der Waals surface area contributed by atoms with Crippen molar-refractivity contribution >= 4 is 34.7 Å². The molecule has 37 heavy (non-hydrogen) atoms. The van der Waals surface area contributed by atoms with E-state index in [-0.39, 0.29) is 42.1 Å². The van der Waals surface area contributed by atoms with E-state index in [9.17, 15) is 24.3 Å². The number of methoxy groups -OCH3 is 1. The fraction of sp³-hybridized carbons (Fsp3) is 0.310. The summed E-state index contributed by atoms with van der Waals surface area (Å²) in [5.74, 6) is -2.72. The Morgan fingerprint density at radius 3 is 2.65 bits per heavy atom. The molecule has 0 spiro atoms. The molecule has 7 nitrogen and oxygen atoms in total. The van der Waals surface area contributed by atoms with Crippen LogP contribution in [0.4, 0.5) is 0 Å². The number of thiophene rings is 1. The smallest absolute Gasteiger partial charge is 0.234 e. The Morgan fingerprint density at radius 1 is 1.11 bits per heavy atom. The van der Waals surface area contributed by atoms with Crippen LogP contribution in [-0.2, 0) is 25.7 Å². The van der Waals surface area contributed by atoms with Crippen molar-refractivity contribution in [2.24, 2.45) is 17.8 Å². The Balaban J connectivity index is 1.48. The standard InChI is InChI=1S/C29H25NO6S/c1-14-10-23(32)26-21(27(14)33)12-19-17(24(26)20-11-15(36-2)5-8-22(20)31)6-7-18-25(19)29(35)30(28(18)34)13-16-4-3-9-37-16/h3-6,8-11,18-19,24-25,31H,7,12-13H2,1-2H3. The number of likely N-dealkylation sites (tertiary alicyclic amines) is 1. The molecule has 1 aromatic heterocycles. The van der Waals surface area contributed by atoms with E-state index in [1.807, 2.05) is 23.6 Å². The van der Waals surface area contributed by atoms with Crippen molar-refractivity contribution < 1.29 is 29.0 Å². The maximum Gasteiger partial charge on any atom is 0.234 e. The number of fused-ring (bicyclic) bond motifs is 3. The van der Waals surface area contributed by atoms with Gasteiger partial charge in [0.05, 0.1) is 25.5 Å². The number of Topliss-reactive ketones (excluding diaryl/α,β-unsaturated/α-hetero) is 1. The predicted octanol–water partition coefficient (Wildman–Crippen LogP) is 4.09. The van der Waals surface area contributed by atoms with Crippen molar-refractivity contribution in [3.05, 3.63) is 80.6 Å². The van der Waals surface area contributed by atoms with E-state index in [1.54, 1.807) is 19.1 Å². The summed E-state index contributed by atoms with van der Waals surface area (Å²) in [5.41, 5.74) is 2.31. The lowest BCUT2D eigenvalue weighted by Crippen LogP contribution is -2.39. The van der Waals surface area contributed by atoms with E-state index in [4.69, 9.17) is 4.74 Å². The molecule has 0 radical (unpaired) electrons. The highest BCUT2D eigenvalue weighted by Gasteiger charge is 2.56. The Labute approximate surface area is 217 Å². The van der Waals surface area contributed by atoms with Crippen molar-refractivity contribution in [3.63, 3.8) is 0 Å². The van der Waals surface area contributed by atoms with E-state index in [2.05, 4.69) is 0 Å². The van der Waals surface area contributed by atoms with Crippen molar-refractivity contribution in [2.45, 2.75) is 32.2 Å². The molecule has 0 bridgehead atoms. The summed E-state index contributed by atoms with van der Waals surface area (Å²) < 4.78 is 5.39. The van der Waals surface area contributed by atoms with Gasteiger partial charge in [0.2, 0.25) is 11.8 Å². The molecule has 0 saturated carbocycles. The van der Waals surface area contributed by atoms with Gasteiger partial charge in [0.15, 0.2) is 11.6 Å². The summed E-state index contributed by atoms with van der Waals surface area (Å²) in [6.45, 7) is 1.85. The average Bonchev–Trinajstić information content (AvgIpc) is 3.49. The van der Waals surface area contributed by atoms with Gasteiger partial charge in [0.25, 0.3) is 0 Å². The van der Waals surface area contributed by atoms with Gasteiger partial charge in [-0.2, -0.15) is 0 Å². The number of carbonyl (C=O) groups is 4. The minimum absolute atomic E-state index is 0.0269. The van der Waals surface area contributed by atoms with Crippen LogP contribution in [0, 0.1) is 17.8 Å². The zero-order valence-corrected chi connectivity index (χ0v) is 21.2. The first kappa shape index (κ1) is 23.6. The molecule has 1 N–H and O–H groups in total. The Bertz CT molecular complexity index is 1460. The molecule has 1 aliphatic heterocycles. The SMILES string of the molecule is COc1ccc(O)c(C2C3=CCC4C(=O)N(Cc5cccs5)C(=O)C4C3CC3=C2C(=O)C=C(C)C3=O)c1. The zero-order valence-electron chi connectivity index (χ0n) is 20.4. The number of benzene rings is 1. The second-order valence-corrected chi connectivity index (χ2v) is 11.0. The van der Waals surface area contributed by atoms with E-state index in [0.717, 1.165) is 10.5 Å². The van der Waals surface area contributed by atoms with E-state index >= 15 is 0 Å². The topological polar surface area (TPSA) is 101 Å². The van der Waals surface area contributed by atoms with Crippen LogP contribution in [0.3, 0.4) is 0 Å². The van der Waals surface area contributed by atoms with Crippen molar-refractivity contribution in [3.8, 4) is 11.5 Å². The largest absolute Gasteiger partial charge is 0.508 e. The number of hydrogen-bond donors (Lipinski definition) is 1. The van der Waals surface area contributed by atoms with Crippen LogP contribution in [0.5, 0.6) is 11.5 Å². The first-order valence-corrected chi connectivity index (χ1v) is 13.1. The fourth-order valence-electron chi connectivity index (χ4n) is 6.41. The maximum absolute atomic E-state index is 13.7. The Morgan fingerprint density at radius 2 is 1.92 bits per heavy atom. The molecule has 8 heteroatoms. The van der Waals surface area contributed by atoms with Crippen LogP contribution in [0.25, 0.3) is 0 Å². The molecular formula is C29H25NO6S. The van der Waals surface area contributed by atoms with Crippen molar-refractivity contribution in [1.82, 2.24) is 4.90 Å². The van der Waals surface area contributed by atoms with Gasteiger partial charge in [-0.05, 0) is 61.4 Å². The molecule has 4 aliphatic rings. The van der Waals surface area contributed by atoms with Crippen LogP contribution >= 0.6 is 11.3 Å².